The molecule has 0 saturated heterocycles. The van der Waals surface area contributed by atoms with Crippen molar-refractivity contribution < 1.29 is 0 Å². The van der Waals surface area contributed by atoms with Gasteiger partial charge in [0.05, 0.1) is 0 Å². The lowest BCUT2D eigenvalue weighted by molar-refractivity contribution is 3.79. The smallest absolute Gasteiger partial charge is 0.00934 e. The Labute approximate surface area is 146 Å². The van der Waals surface area contributed by atoms with Gasteiger partial charge in [-0.1, -0.05) is 0 Å². The van der Waals surface area contributed by atoms with Gasteiger partial charge in [0.25, 0.3) is 0 Å². The highest BCUT2D eigenvalue weighted by atomic mass is 30.1. The Balaban J connectivity index is 2.85. The molecule has 17 heteroatoms. The van der Waals surface area contributed by atoms with Gasteiger partial charge in [-0.2, -0.15) is 0 Å². The van der Waals surface area contributed by atoms with E-state index in [-0.39, 0.29) is 0 Å². The highest BCUT2D eigenvalue weighted by molar-refractivity contribution is 7.74. The van der Waals surface area contributed by atoms with Crippen LogP contribution >= 0.6 is 0 Å². The van der Waals surface area contributed by atoms with Crippen LogP contribution in [0, 0.1) is 0 Å². The van der Waals surface area contributed by atoms with Crippen LogP contribution in [0.3, 0.4) is 0 Å². The molecule has 0 heterocycles. The molecule has 0 aliphatic rings. The fourth-order valence-electron chi connectivity index (χ4n) is 2.44. The first-order valence-corrected chi connectivity index (χ1v) is 75.7. The standard InChI is InChI=1S/H36Si17/c1-3-5-7-9-11-13-15-17-16-14-12-10-8-6-4-2/h3-17H2,1-2H3. The monoisotopic (exact) mass is 512 g/mol. The van der Waals surface area contributed by atoms with Crippen LogP contribution < -0.4 is 0 Å². The number of hydrogen-bond donors (Lipinski definition) is 0. The Hall–Kier alpha value is 3.69. The van der Waals surface area contributed by atoms with Gasteiger partial charge in [0.15, 0.2) is 0 Å². The van der Waals surface area contributed by atoms with Gasteiger partial charge in [-0.25, -0.2) is 0 Å². The van der Waals surface area contributed by atoms with E-state index in [1.165, 1.54) is 0 Å². The highest BCUT2D eigenvalue weighted by Crippen LogP contribution is 1.60. The molecule has 0 N–H and O–H groups in total. The van der Waals surface area contributed by atoms with Gasteiger partial charge in [-0.15, -0.1) is 0 Å². The fraction of sp³-hybridized carbons (Fsp3) is 0. The summed E-state index contributed by atoms with van der Waals surface area (Å²) in [7, 11) is 17.1. The first kappa shape index (κ1) is 20.7. The van der Waals surface area contributed by atoms with Crippen LogP contribution in [0.5, 0.6) is 0 Å². The summed E-state index contributed by atoms with van der Waals surface area (Å²) in [6, 6.07) is 0. The predicted octanol–water partition coefficient (Wildman–Crippen LogP) is -16.1. The van der Waals surface area contributed by atoms with E-state index in [2.05, 4.69) is 0 Å². The van der Waals surface area contributed by atoms with Crippen molar-refractivity contribution in [2.45, 2.75) is 0 Å². The molecule has 0 spiro atoms. The van der Waals surface area contributed by atoms with E-state index < -0.39 is 0 Å². The van der Waals surface area contributed by atoms with Crippen molar-refractivity contribution >= 4 is 148 Å². The molecule has 0 nitrogen and oxygen atoms in total. The summed E-state index contributed by atoms with van der Waals surface area (Å²) in [4.78, 5) is 0. The van der Waals surface area contributed by atoms with Crippen LogP contribution in [0.25, 0.3) is 0 Å². The van der Waals surface area contributed by atoms with Gasteiger partial charge in [-0.3, -0.25) is 0 Å². The zero-order chi connectivity index (χ0) is 12.6. The SMILES string of the molecule is [SiH3][SiH2][SiH2][SiH2][SiH2][SiH2][SiH2][SiH2][SiH2][SiH2][SiH2][SiH2][SiH2][SiH2][SiH2][SiH2][SiH3]. The minimum atomic E-state index is 0.817. The zero-order valence-electron chi connectivity index (χ0n) is 12.6. The lowest BCUT2D eigenvalue weighted by atomic mass is 26.1. The Bertz CT molecular complexity index is 103. The lowest BCUT2D eigenvalue weighted by Gasteiger charge is -1.98. The lowest BCUT2D eigenvalue weighted by Crippen LogP contribution is -2.35. The Morgan fingerprint density at radius 1 is 0.294 bits per heavy atom. The molecule has 17 heavy (non-hydrogen) atoms. The minimum Gasteiger partial charge on any atom is -0.0120 e. The molecule has 0 aromatic rings. The molecule has 0 aromatic heterocycles. The molecular weight excluding hydrogens is 477 g/mol. The third-order valence-electron chi connectivity index (χ3n) is 3.71. The molecule has 0 atom stereocenters. The van der Waals surface area contributed by atoms with Crippen molar-refractivity contribution in [2.75, 3.05) is 0 Å². The van der Waals surface area contributed by atoms with Crippen molar-refractivity contribution in [2.24, 2.45) is 0 Å². The van der Waals surface area contributed by atoms with E-state index in [0.717, 1.165) is 128 Å². The second kappa shape index (κ2) is 19.7. The maximum Gasteiger partial charge on any atom is -0.00934 e. The third kappa shape index (κ3) is 19.7. The average molecular weight is 514 g/mol. The van der Waals surface area contributed by atoms with Crippen LogP contribution in [-0.2, 0) is 0 Å². The first-order valence-electron chi connectivity index (χ1n) is 8.41. The second-order valence-electron chi connectivity index (χ2n) is 5.60. The van der Waals surface area contributed by atoms with Crippen molar-refractivity contribution in [3.63, 3.8) is 0 Å². The summed E-state index contributed by atoms with van der Waals surface area (Å²) in [5, 5.41) is 0. The first-order chi connectivity index (χ1) is 8.41. The molecule has 0 fully saturated rings. The molecule has 0 aliphatic heterocycles. The maximum atomic E-state index is 1.74. The summed E-state index contributed by atoms with van der Waals surface area (Å²) < 4.78 is 0. The molecule has 0 saturated carbocycles. The summed E-state index contributed by atoms with van der Waals surface area (Å²) in [6.45, 7) is 0. The maximum absolute atomic E-state index is 1.74. The van der Waals surface area contributed by atoms with Crippen molar-refractivity contribution in [1.29, 1.82) is 0 Å². The summed E-state index contributed by atoms with van der Waals surface area (Å²) in [6.07, 6.45) is 0. The third-order valence-corrected chi connectivity index (χ3v) is 300. The molecule has 0 unspecified atom stereocenters. The topological polar surface area (TPSA) is 0 Å². The van der Waals surface area contributed by atoms with E-state index in [1.807, 2.05) is 0 Å². The van der Waals surface area contributed by atoms with Gasteiger partial charge >= 0.3 is 0 Å². The van der Waals surface area contributed by atoms with E-state index in [0.29, 0.717) is 0 Å². The Morgan fingerprint density at radius 2 is 0.471 bits per heavy atom. The normalized spacial score (nSPS) is 21.9. The molecular formula is H36Si17. The second-order valence-corrected chi connectivity index (χ2v) is 151. The average Bonchev–Trinajstić information content (AvgIpc) is 2.35. The Morgan fingerprint density at radius 3 is 0.647 bits per heavy atom. The molecule has 0 amide bonds. The van der Waals surface area contributed by atoms with Crippen molar-refractivity contribution in [3.8, 4) is 0 Å². The molecule has 0 aromatic carbocycles. The van der Waals surface area contributed by atoms with Crippen molar-refractivity contribution in [1.82, 2.24) is 0 Å². The van der Waals surface area contributed by atoms with E-state index in [1.54, 1.807) is 19.5 Å². The number of hydrogen-bond acceptors (Lipinski definition) is 0. The minimum absolute atomic E-state index is 0.817. The van der Waals surface area contributed by atoms with Crippen molar-refractivity contribution in [3.05, 3.63) is 0 Å². The highest BCUT2D eigenvalue weighted by Gasteiger charge is 1.97. The van der Waals surface area contributed by atoms with Gasteiger partial charge in [0, 0.05) is 0 Å². The van der Waals surface area contributed by atoms with E-state index in [9.17, 15) is 0 Å². The molecule has 0 bridgehead atoms. The molecule has 0 radical (unpaired) electrons. The molecule has 0 rings (SSSR count). The largest absolute Gasteiger partial charge is 0.0120 e. The van der Waals surface area contributed by atoms with Crippen LogP contribution in [0.2, 0.25) is 0 Å². The molecule has 0 aliphatic carbocycles. The van der Waals surface area contributed by atoms with Crippen LogP contribution in [0.1, 0.15) is 0 Å². The van der Waals surface area contributed by atoms with Crippen LogP contribution in [0.4, 0.5) is 0 Å². The van der Waals surface area contributed by atoms with Gasteiger partial charge < -0.3 is 0 Å². The summed E-state index contributed by atoms with van der Waals surface area (Å²) in [5.41, 5.74) is 0. The fourth-order valence-corrected chi connectivity index (χ4v) is 594. The van der Waals surface area contributed by atoms with Gasteiger partial charge in [0.2, 0.25) is 0 Å². The molecule has 104 valence electrons. The summed E-state index contributed by atoms with van der Waals surface area (Å²) in [5.74, 6) is 0. The predicted molar refractivity (Wildman–Crippen MR) is 148 cm³/mol. The quantitative estimate of drug-likeness (QED) is 0.160. The van der Waals surface area contributed by atoms with E-state index >= 15 is 0 Å². The van der Waals surface area contributed by atoms with Gasteiger partial charge in [-0.05, 0) is 148 Å². The van der Waals surface area contributed by atoms with Crippen LogP contribution in [0.15, 0.2) is 0 Å². The van der Waals surface area contributed by atoms with E-state index in [4.69, 9.17) is 0 Å². The van der Waals surface area contributed by atoms with Crippen LogP contribution in [-0.4, -0.2) is 148 Å². The number of rotatable bonds is 14. The van der Waals surface area contributed by atoms with Gasteiger partial charge in [0.1, 0.15) is 0 Å². The Kier molecular flexibility index (Phi) is 24.0. The summed E-state index contributed by atoms with van der Waals surface area (Å²) >= 11 is 0. The zero-order valence-corrected chi connectivity index (χ0v) is 37.8.